The zero-order valence-electron chi connectivity index (χ0n) is 6.92. The number of carbonyl (C=O) groups excluding carboxylic acids is 1. The van der Waals surface area contributed by atoms with Gasteiger partial charge in [-0.1, -0.05) is 0 Å². The van der Waals surface area contributed by atoms with E-state index in [1.54, 1.807) is 0 Å². The van der Waals surface area contributed by atoms with E-state index in [0.717, 1.165) is 0 Å². The number of imidazole rings is 1. The van der Waals surface area contributed by atoms with Crippen LogP contribution in [0.15, 0.2) is 18.7 Å². The minimum atomic E-state index is -0.536. The minimum Gasteiger partial charge on any atom is -0.394 e. The first kappa shape index (κ1) is 9.69. The summed E-state index contributed by atoms with van der Waals surface area (Å²) >= 11 is 0. The van der Waals surface area contributed by atoms with E-state index in [0.29, 0.717) is 0 Å². The molecule has 0 bridgehead atoms. The summed E-state index contributed by atoms with van der Waals surface area (Å²) in [5.74, 6) is -0.536. The number of aliphatic hydroxyl groups is 1. The highest BCUT2D eigenvalue weighted by Gasteiger charge is 2.03. The molecule has 1 aromatic heterocycles. The summed E-state index contributed by atoms with van der Waals surface area (Å²) in [6, 6.07) is 0. The van der Waals surface area contributed by atoms with Gasteiger partial charge in [-0.25, -0.2) is 9.78 Å². The molecule has 0 atom stereocenters. The number of nitrogens with zero attached hydrogens (tertiary/aromatic N) is 2. The van der Waals surface area contributed by atoms with Crippen LogP contribution in [0, 0.1) is 0 Å². The number of carbonyl (C=O) groups is 1. The van der Waals surface area contributed by atoms with Crippen LogP contribution in [0.25, 0.3) is 0 Å². The van der Waals surface area contributed by atoms with E-state index in [4.69, 9.17) is 14.7 Å². The van der Waals surface area contributed by atoms with Gasteiger partial charge in [0.1, 0.15) is 12.9 Å². The Morgan fingerprint density at radius 3 is 3.08 bits per heavy atom. The third-order valence-corrected chi connectivity index (χ3v) is 1.14. The van der Waals surface area contributed by atoms with Crippen molar-refractivity contribution in [2.45, 2.75) is 0 Å². The van der Waals surface area contributed by atoms with Crippen molar-refractivity contribution in [2.75, 3.05) is 19.8 Å². The molecule has 13 heavy (non-hydrogen) atoms. The number of rotatable bonds is 5. The van der Waals surface area contributed by atoms with E-state index in [1.165, 1.54) is 23.5 Å². The average Bonchev–Trinajstić information content (AvgIpc) is 2.57. The van der Waals surface area contributed by atoms with Crippen molar-refractivity contribution in [2.24, 2.45) is 0 Å². The number of ether oxygens (including phenoxy) is 1. The van der Waals surface area contributed by atoms with Gasteiger partial charge in [0.15, 0.2) is 0 Å². The van der Waals surface area contributed by atoms with Gasteiger partial charge in [0.2, 0.25) is 0 Å². The lowest BCUT2D eigenvalue weighted by Gasteiger charge is -2.03. The quantitative estimate of drug-likeness (QED) is 0.587. The molecule has 1 heterocycles. The Hall–Kier alpha value is -1.40. The SMILES string of the molecule is O=C(COCCO)On1ccnc1. The number of hydrogen-bond acceptors (Lipinski definition) is 5. The third kappa shape index (κ3) is 3.68. The van der Waals surface area contributed by atoms with Crippen LogP contribution in [-0.4, -0.2) is 40.6 Å². The maximum absolute atomic E-state index is 10.9. The number of aromatic nitrogens is 2. The Kier molecular flexibility index (Phi) is 3.94. The van der Waals surface area contributed by atoms with Crippen LogP contribution < -0.4 is 4.84 Å². The van der Waals surface area contributed by atoms with Crippen molar-refractivity contribution >= 4 is 5.97 Å². The van der Waals surface area contributed by atoms with E-state index in [1.807, 2.05) is 0 Å². The Labute approximate surface area is 74.7 Å². The zero-order valence-corrected chi connectivity index (χ0v) is 6.92. The van der Waals surface area contributed by atoms with Gasteiger partial charge >= 0.3 is 5.97 Å². The van der Waals surface area contributed by atoms with Gasteiger partial charge in [0.05, 0.1) is 19.4 Å². The molecule has 0 saturated carbocycles. The summed E-state index contributed by atoms with van der Waals surface area (Å²) in [7, 11) is 0. The monoisotopic (exact) mass is 186 g/mol. The van der Waals surface area contributed by atoms with Gasteiger partial charge in [-0.05, 0) is 0 Å². The molecule has 0 spiro atoms. The fraction of sp³-hybridized carbons (Fsp3) is 0.429. The topological polar surface area (TPSA) is 73.6 Å². The molecule has 0 amide bonds. The summed E-state index contributed by atoms with van der Waals surface area (Å²) in [5, 5.41) is 8.34. The van der Waals surface area contributed by atoms with Gasteiger partial charge in [-0.15, -0.1) is 0 Å². The molecule has 0 aromatic carbocycles. The highest BCUT2D eigenvalue weighted by molar-refractivity contribution is 5.70. The molecule has 1 N–H and O–H groups in total. The molecule has 1 aromatic rings. The summed E-state index contributed by atoms with van der Waals surface area (Å²) in [4.78, 5) is 19.3. The molecule has 0 fully saturated rings. The molecule has 0 radical (unpaired) electrons. The zero-order chi connectivity index (χ0) is 9.52. The highest BCUT2D eigenvalue weighted by Crippen LogP contribution is 1.82. The Morgan fingerprint density at radius 2 is 2.46 bits per heavy atom. The maximum Gasteiger partial charge on any atom is 0.358 e. The first-order chi connectivity index (χ1) is 6.33. The Balaban J connectivity index is 2.18. The summed E-state index contributed by atoms with van der Waals surface area (Å²) < 4.78 is 5.91. The van der Waals surface area contributed by atoms with Crippen molar-refractivity contribution in [3.63, 3.8) is 0 Å². The smallest absolute Gasteiger partial charge is 0.358 e. The van der Waals surface area contributed by atoms with Crippen LogP contribution in [0.3, 0.4) is 0 Å². The summed E-state index contributed by atoms with van der Waals surface area (Å²) in [6.45, 7) is -0.171. The minimum absolute atomic E-state index is 0.113. The van der Waals surface area contributed by atoms with E-state index >= 15 is 0 Å². The lowest BCUT2D eigenvalue weighted by molar-refractivity contribution is -0.149. The van der Waals surface area contributed by atoms with Crippen LogP contribution >= 0.6 is 0 Å². The predicted molar refractivity (Wildman–Crippen MR) is 41.7 cm³/mol. The first-order valence-electron chi connectivity index (χ1n) is 3.70. The molecule has 1 rings (SSSR count). The molecule has 0 saturated heterocycles. The fourth-order valence-corrected chi connectivity index (χ4v) is 0.665. The van der Waals surface area contributed by atoms with Crippen LogP contribution in [0.5, 0.6) is 0 Å². The molecule has 72 valence electrons. The molecule has 0 aliphatic carbocycles. The maximum atomic E-state index is 10.9. The second kappa shape index (κ2) is 5.28. The van der Waals surface area contributed by atoms with E-state index in [-0.39, 0.29) is 19.8 Å². The van der Waals surface area contributed by atoms with E-state index in [9.17, 15) is 4.79 Å². The van der Waals surface area contributed by atoms with Crippen molar-refractivity contribution in [1.82, 2.24) is 9.71 Å². The van der Waals surface area contributed by atoms with Gasteiger partial charge in [0.25, 0.3) is 0 Å². The lowest BCUT2D eigenvalue weighted by atomic mass is 10.7. The standard InChI is InChI=1S/C7H10N2O4/c10-3-4-12-5-7(11)13-9-2-1-8-6-9/h1-2,6,10H,3-5H2. The van der Waals surface area contributed by atoms with E-state index < -0.39 is 5.97 Å². The number of hydrogen-bond donors (Lipinski definition) is 1. The molecular formula is C7H10N2O4. The van der Waals surface area contributed by atoms with Crippen molar-refractivity contribution in [3.8, 4) is 0 Å². The number of aliphatic hydroxyl groups excluding tert-OH is 1. The summed E-state index contributed by atoms with van der Waals surface area (Å²) in [5.41, 5.74) is 0. The van der Waals surface area contributed by atoms with Gasteiger partial charge in [-0.3, -0.25) is 0 Å². The van der Waals surface area contributed by atoms with Crippen LogP contribution in [-0.2, 0) is 9.53 Å². The second-order valence-corrected chi connectivity index (χ2v) is 2.16. The predicted octanol–water partition coefficient (Wildman–Crippen LogP) is -1.15. The first-order valence-corrected chi connectivity index (χ1v) is 3.70. The highest BCUT2D eigenvalue weighted by atomic mass is 16.7. The molecule has 6 nitrogen and oxygen atoms in total. The normalized spacial score (nSPS) is 9.92. The molecule has 6 heteroatoms. The molecule has 0 aliphatic heterocycles. The largest absolute Gasteiger partial charge is 0.394 e. The molecular weight excluding hydrogens is 176 g/mol. The van der Waals surface area contributed by atoms with Crippen LogP contribution in [0.2, 0.25) is 0 Å². The molecule has 0 aliphatic rings. The van der Waals surface area contributed by atoms with E-state index in [2.05, 4.69) is 4.98 Å². The van der Waals surface area contributed by atoms with Crippen LogP contribution in [0.4, 0.5) is 0 Å². The second-order valence-electron chi connectivity index (χ2n) is 2.16. The van der Waals surface area contributed by atoms with Crippen molar-refractivity contribution in [1.29, 1.82) is 0 Å². The van der Waals surface area contributed by atoms with Gasteiger partial charge in [-0.2, -0.15) is 4.73 Å². The molecule has 0 unspecified atom stereocenters. The van der Waals surface area contributed by atoms with Crippen molar-refractivity contribution in [3.05, 3.63) is 18.7 Å². The lowest BCUT2D eigenvalue weighted by Crippen LogP contribution is -2.23. The van der Waals surface area contributed by atoms with Gasteiger partial charge < -0.3 is 14.7 Å². The Morgan fingerprint density at radius 1 is 1.62 bits per heavy atom. The van der Waals surface area contributed by atoms with Gasteiger partial charge in [0, 0.05) is 6.20 Å². The van der Waals surface area contributed by atoms with Crippen LogP contribution in [0.1, 0.15) is 0 Å². The van der Waals surface area contributed by atoms with Crippen molar-refractivity contribution < 1.29 is 19.5 Å². The fourth-order valence-electron chi connectivity index (χ4n) is 0.665. The third-order valence-electron chi connectivity index (χ3n) is 1.14. The average molecular weight is 186 g/mol. The summed E-state index contributed by atoms with van der Waals surface area (Å²) in [6.07, 6.45) is 4.33. The Bertz CT molecular complexity index is 247.